The number of halogens is 2. The van der Waals surface area contributed by atoms with Gasteiger partial charge in [0.2, 0.25) is 0 Å². The molecule has 142 valence electrons. The number of rotatable bonds is 8. The van der Waals surface area contributed by atoms with Crippen LogP contribution in [-0.4, -0.2) is 33.3 Å². The van der Waals surface area contributed by atoms with Crippen molar-refractivity contribution in [2.75, 3.05) is 32.7 Å². The maximum Gasteiger partial charge on any atom is 0.195 e. The number of guanidine groups is 1. The highest BCUT2D eigenvalue weighted by Crippen LogP contribution is 2.17. The second-order valence-electron chi connectivity index (χ2n) is 5.40. The second kappa shape index (κ2) is 12.8. The van der Waals surface area contributed by atoms with E-state index in [0.29, 0.717) is 25.7 Å². The first kappa shape index (κ1) is 22.5. The van der Waals surface area contributed by atoms with Gasteiger partial charge < -0.3 is 20.1 Å². The van der Waals surface area contributed by atoms with E-state index in [2.05, 4.69) is 15.6 Å². The van der Waals surface area contributed by atoms with E-state index in [1.54, 1.807) is 14.2 Å². The van der Waals surface area contributed by atoms with Crippen molar-refractivity contribution < 1.29 is 9.47 Å². The Morgan fingerprint density at radius 1 is 1.12 bits per heavy atom. The van der Waals surface area contributed by atoms with Crippen LogP contribution in [0.2, 0.25) is 5.02 Å². The first-order chi connectivity index (χ1) is 12.2. The highest BCUT2D eigenvalue weighted by molar-refractivity contribution is 14.0. The van der Waals surface area contributed by atoms with Gasteiger partial charge in [-0.25, -0.2) is 0 Å². The summed E-state index contributed by atoms with van der Waals surface area (Å²) in [4.78, 5) is 4.24. The lowest BCUT2D eigenvalue weighted by Crippen LogP contribution is -2.30. The molecule has 0 saturated carbocycles. The summed E-state index contributed by atoms with van der Waals surface area (Å²) in [5.41, 5.74) is 1.99. The minimum absolute atomic E-state index is 0. The molecule has 7 heteroatoms. The molecule has 0 amide bonds. The molecule has 0 aliphatic rings. The fourth-order valence-corrected chi connectivity index (χ4v) is 2.42. The van der Waals surface area contributed by atoms with Crippen molar-refractivity contribution >= 4 is 47.2 Å². The SMILES string of the molecule is CN=C(NCc1cccc(Cl)c1)Nc1cccc(OCCCOC)c1.I. The van der Waals surface area contributed by atoms with Crippen molar-refractivity contribution in [1.29, 1.82) is 0 Å². The molecule has 0 heterocycles. The minimum Gasteiger partial charge on any atom is -0.493 e. The lowest BCUT2D eigenvalue weighted by Gasteiger charge is -2.13. The van der Waals surface area contributed by atoms with E-state index < -0.39 is 0 Å². The Morgan fingerprint density at radius 2 is 1.92 bits per heavy atom. The molecule has 0 spiro atoms. The summed E-state index contributed by atoms with van der Waals surface area (Å²) in [5, 5.41) is 7.24. The van der Waals surface area contributed by atoms with Gasteiger partial charge in [-0.3, -0.25) is 4.99 Å². The van der Waals surface area contributed by atoms with Gasteiger partial charge in [-0.05, 0) is 29.8 Å². The first-order valence-electron chi connectivity index (χ1n) is 8.15. The van der Waals surface area contributed by atoms with E-state index in [9.17, 15) is 0 Å². The largest absolute Gasteiger partial charge is 0.493 e. The molecule has 0 saturated heterocycles. The molecule has 2 aromatic carbocycles. The molecular weight excluding hydrogens is 465 g/mol. The minimum atomic E-state index is 0. The lowest BCUT2D eigenvalue weighted by atomic mass is 10.2. The van der Waals surface area contributed by atoms with Crippen LogP contribution in [0.5, 0.6) is 5.75 Å². The fraction of sp³-hybridized carbons (Fsp3) is 0.316. The summed E-state index contributed by atoms with van der Waals surface area (Å²) in [7, 11) is 3.42. The van der Waals surface area contributed by atoms with Gasteiger partial charge in [0.15, 0.2) is 5.96 Å². The van der Waals surface area contributed by atoms with E-state index in [4.69, 9.17) is 21.1 Å². The Hall–Kier alpha value is -1.51. The summed E-state index contributed by atoms with van der Waals surface area (Å²) < 4.78 is 10.7. The Labute approximate surface area is 177 Å². The van der Waals surface area contributed by atoms with Crippen molar-refractivity contribution in [3.8, 4) is 5.75 Å². The topological polar surface area (TPSA) is 54.9 Å². The van der Waals surface area contributed by atoms with Gasteiger partial charge in [0.05, 0.1) is 6.61 Å². The van der Waals surface area contributed by atoms with Crippen LogP contribution in [-0.2, 0) is 11.3 Å². The van der Waals surface area contributed by atoms with Crippen LogP contribution in [0.25, 0.3) is 0 Å². The number of aliphatic imine (C=N–C) groups is 1. The maximum atomic E-state index is 6.01. The molecule has 5 nitrogen and oxygen atoms in total. The van der Waals surface area contributed by atoms with Gasteiger partial charge in [0.1, 0.15) is 5.75 Å². The smallest absolute Gasteiger partial charge is 0.195 e. The molecule has 2 aromatic rings. The number of nitrogens with one attached hydrogen (secondary N) is 2. The number of hydrogen-bond donors (Lipinski definition) is 2. The van der Waals surface area contributed by atoms with E-state index in [1.165, 1.54) is 0 Å². The summed E-state index contributed by atoms with van der Waals surface area (Å²) in [6.07, 6.45) is 0.858. The molecular formula is C19H25ClIN3O2. The predicted octanol–water partition coefficient (Wildman–Crippen LogP) is 4.56. The van der Waals surface area contributed by atoms with Crippen LogP contribution < -0.4 is 15.4 Å². The number of nitrogens with zero attached hydrogens (tertiary/aromatic N) is 1. The molecule has 0 atom stereocenters. The number of anilines is 1. The molecule has 0 bridgehead atoms. The normalized spacial score (nSPS) is 10.8. The molecule has 0 radical (unpaired) electrons. The third kappa shape index (κ3) is 8.25. The molecule has 2 rings (SSSR count). The molecule has 0 unspecified atom stereocenters. The summed E-state index contributed by atoms with van der Waals surface area (Å²) in [6.45, 7) is 1.95. The third-order valence-electron chi connectivity index (χ3n) is 3.43. The van der Waals surface area contributed by atoms with E-state index in [1.807, 2.05) is 48.5 Å². The zero-order chi connectivity index (χ0) is 17.9. The summed E-state index contributed by atoms with van der Waals surface area (Å²) in [6, 6.07) is 15.5. The Balaban J connectivity index is 0.00000338. The van der Waals surface area contributed by atoms with Gasteiger partial charge in [0, 0.05) is 50.5 Å². The van der Waals surface area contributed by atoms with Crippen molar-refractivity contribution in [1.82, 2.24) is 5.32 Å². The standard InChI is InChI=1S/C19H24ClN3O2.HI/c1-21-19(22-14-15-6-3-7-16(20)12-15)23-17-8-4-9-18(13-17)25-11-5-10-24-2;/h3-4,6-9,12-13H,5,10-11,14H2,1-2H3,(H2,21,22,23);1H. The maximum absolute atomic E-state index is 6.01. The Morgan fingerprint density at radius 3 is 2.65 bits per heavy atom. The van der Waals surface area contributed by atoms with Gasteiger partial charge >= 0.3 is 0 Å². The average molecular weight is 490 g/mol. The number of ether oxygens (including phenoxy) is 2. The van der Waals surface area contributed by atoms with Crippen LogP contribution in [0.1, 0.15) is 12.0 Å². The third-order valence-corrected chi connectivity index (χ3v) is 3.67. The van der Waals surface area contributed by atoms with Gasteiger partial charge in [-0.1, -0.05) is 29.8 Å². The van der Waals surface area contributed by atoms with E-state index >= 15 is 0 Å². The van der Waals surface area contributed by atoms with Gasteiger partial charge in [-0.2, -0.15) is 0 Å². The van der Waals surface area contributed by atoms with Crippen molar-refractivity contribution in [2.45, 2.75) is 13.0 Å². The molecule has 0 aromatic heterocycles. The van der Waals surface area contributed by atoms with Crippen molar-refractivity contribution in [3.05, 3.63) is 59.1 Å². The van der Waals surface area contributed by atoms with Crippen LogP contribution >= 0.6 is 35.6 Å². The number of methoxy groups -OCH3 is 1. The molecule has 0 aliphatic heterocycles. The lowest BCUT2D eigenvalue weighted by molar-refractivity contribution is 0.172. The van der Waals surface area contributed by atoms with Crippen LogP contribution in [0.3, 0.4) is 0 Å². The van der Waals surface area contributed by atoms with Crippen molar-refractivity contribution in [3.63, 3.8) is 0 Å². The molecule has 26 heavy (non-hydrogen) atoms. The fourth-order valence-electron chi connectivity index (χ4n) is 2.21. The van der Waals surface area contributed by atoms with Crippen LogP contribution in [0, 0.1) is 0 Å². The monoisotopic (exact) mass is 489 g/mol. The highest BCUT2D eigenvalue weighted by atomic mass is 127. The van der Waals surface area contributed by atoms with Gasteiger partial charge in [0.25, 0.3) is 0 Å². The summed E-state index contributed by atoms with van der Waals surface area (Å²) in [5.74, 6) is 1.49. The quantitative estimate of drug-likeness (QED) is 0.247. The highest BCUT2D eigenvalue weighted by Gasteiger charge is 2.02. The van der Waals surface area contributed by atoms with Gasteiger partial charge in [-0.15, -0.1) is 24.0 Å². The Bertz CT molecular complexity index is 698. The predicted molar refractivity (Wildman–Crippen MR) is 119 cm³/mol. The van der Waals surface area contributed by atoms with E-state index in [0.717, 1.165) is 28.4 Å². The first-order valence-corrected chi connectivity index (χ1v) is 8.53. The molecule has 0 aliphatic carbocycles. The molecule has 2 N–H and O–H groups in total. The molecule has 0 fully saturated rings. The number of benzene rings is 2. The van der Waals surface area contributed by atoms with E-state index in [-0.39, 0.29) is 24.0 Å². The zero-order valence-corrected chi connectivity index (χ0v) is 18.1. The van der Waals surface area contributed by atoms with Crippen molar-refractivity contribution in [2.24, 2.45) is 4.99 Å². The Kier molecular flexibility index (Phi) is 11.1. The summed E-state index contributed by atoms with van der Waals surface area (Å²) >= 11 is 6.01. The average Bonchev–Trinajstić information content (AvgIpc) is 2.63. The zero-order valence-electron chi connectivity index (χ0n) is 15.0. The number of hydrogen-bond acceptors (Lipinski definition) is 3. The second-order valence-corrected chi connectivity index (χ2v) is 5.84. The van der Waals surface area contributed by atoms with Crippen LogP contribution in [0.15, 0.2) is 53.5 Å². The van der Waals surface area contributed by atoms with Crippen LogP contribution in [0.4, 0.5) is 5.69 Å².